The highest BCUT2D eigenvalue weighted by Crippen LogP contribution is 2.35. The van der Waals surface area contributed by atoms with Gasteiger partial charge in [-0.15, -0.1) is 0 Å². The SMILES string of the molecule is CC(C)CN1CCOC(CN2C3CCC2CC(N)C3)C1. The smallest absolute Gasteiger partial charge is 0.0829 e. The molecule has 2 N–H and O–H groups in total. The Labute approximate surface area is 123 Å². The highest BCUT2D eigenvalue weighted by molar-refractivity contribution is 4.97. The molecule has 3 heterocycles. The summed E-state index contributed by atoms with van der Waals surface area (Å²) in [7, 11) is 0. The minimum atomic E-state index is 0.403. The van der Waals surface area contributed by atoms with Crippen LogP contribution in [0.1, 0.15) is 39.5 Å². The molecule has 4 heteroatoms. The lowest BCUT2D eigenvalue weighted by atomic mass is 9.97. The zero-order valence-electron chi connectivity index (χ0n) is 13.1. The van der Waals surface area contributed by atoms with Gasteiger partial charge in [-0.25, -0.2) is 0 Å². The van der Waals surface area contributed by atoms with E-state index in [0.717, 1.165) is 44.2 Å². The number of morpholine rings is 1. The monoisotopic (exact) mass is 281 g/mol. The Bertz CT molecular complexity index is 309. The molecule has 0 spiro atoms. The molecular formula is C16H31N3O. The standard InChI is InChI=1S/C16H31N3O/c1-12(2)9-18-5-6-20-16(10-18)11-19-14-3-4-15(19)8-13(17)7-14/h12-16H,3-11,17H2,1-2H3. The lowest BCUT2D eigenvalue weighted by Gasteiger charge is -2.42. The van der Waals surface area contributed by atoms with Gasteiger partial charge in [0, 0.05) is 44.3 Å². The van der Waals surface area contributed by atoms with Crippen molar-refractivity contribution in [3.8, 4) is 0 Å². The van der Waals surface area contributed by atoms with Crippen LogP contribution in [0.3, 0.4) is 0 Å². The Morgan fingerprint density at radius 2 is 1.90 bits per heavy atom. The number of hydrogen-bond donors (Lipinski definition) is 1. The largest absolute Gasteiger partial charge is 0.374 e. The fraction of sp³-hybridized carbons (Fsp3) is 1.00. The van der Waals surface area contributed by atoms with Crippen LogP contribution in [-0.4, -0.2) is 66.8 Å². The maximum Gasteiger partial charge on any atom is 0.0829 e. The third kappa shape index (κ3) is 3.35. The maximum absolute atomic E-state index is 6.16. The summed E-state index contributed by atoms with van der Waals surface area (Å²) in [6.45, 7) is 10.0. The molecule has 20 heavy (non-hydrogen) atoms. The number of hydrogen-bond acceptors (Lipinski definition) is 4. The average Bonchev–Trinajstić information content (AvgIpc) is 2.62. The number of ether oxygens (including phenoxy) is 1. The normalized spacial score (nSPS) is 39.6. The van der Waals surface area contributed by atoms with Gasteiger partial charge >= 0.3 is 0 Å². The van der Waals surface area contributed by atoms with E-state index in [9.17, 15) is 0 Å². The summed E-state index contributed by atoms with van der Waals surface area (Å²) in [4.78, 5) is 5.29. The van der Waals surface area contributed by atoms with E-state index < -0.39 is 0 Å². The van der Waals surface area contributed by atoms with Crippen LogP contribution in [0.5, 0.6) is 0 Å². The molecule has 3 atom stereocenters. The molecule has 0 aromatic rings. The Hall–Kier alpha value is -0.160. The highest BCUT2D eigenvalue weighted by atomic mass is 16.5. The van der Waals surface area contributed by atoms with Crippen LogP contribution in [0.15, 0.2) is 0 Å². The molecule has 0 amide bonds. The molecule has 0 aromatic heterocycles. The summed E-state index contributed by atoms with van der Waals surface area (Å²) in [5, 5.41) is 0. The second-order valence-electron chi connectivity index (χ2n) is 7.46. The second kappa shape index (κ2) is 6.30. The Morgan fingerprint density at radius 1 is 1.20 bits per heavy atom. The summed E-state index contributed by atoms with van der Waals surface area (Å²) in [6.07, 6.45) is 5.49. The molecule has 3 saturated heterocycles. The number of rotatable bonds is 4. The molecule has 3 unspecified atom stereocenters. The zero-order valence-corrected chi connectivity index (χ0v) is 13.1. The highest BCUT2D eigenvalue weighted by Gasteiger charge is 2.40. The van der Waals surface area contributed by atoms with Gasteiger partial charge in [-0.1, -0.05) is 13.8 Å². The van der Waals surface area contributed by atoms with Crippen molar-refractivity contribution in [2.75, 3.05) is 32.8 Å². The van der Waals surface area contributed by atoms with E-state index in [4.69, 9.17) is 10.5 Å². The fourth-order valence-corrected chi connectivity index (χ4v) is 4.42. The van der Waals surface area contributed by atoms with Crippen LogP contribution in [0.25, 0.3) is 0 Å². The minimum Gasteiger partial charge on any atom is -0.374 e. The van der Waals surface area contributed by atoms with Crippen molar-refractivity contribution < 1.29 is 4.74 Å². The van der Waals surface area contributed by atoms with Gasteiger partial charge < -0.3 is 10.5 Å². The Balaban J connectivity index is 1.53. The van der Waals surface area contributed by atoms with Gasteiger partial charge in [0.05, 0.1) is 12.7 Å². The van der Waals surface area contributed by atoms with Crippen LogP contribution in [0.4, 0.5) is 0 Å². The lowest BCUT2D eigenvalue weighted by molar-refractivity contribution is -0.0568. The molecule has 0 radical (unpaired) electrons. The van der Waals surface area contributed by atoms with E-state index in [1.807, 2.05) is 0 Å². The molecule has 0 saturated carbocycles. The predicted molar refractivity (Wildman–Crippen MR) is 81.7 cm³/mol. The summed E-state index contributed by atoms with van der Waals surface area (Å²) < 4.78 is 6.03. The van der Waals surface area contributed by atoms with Crippen LogP contribution >= 0.6 is 0 Å². The van der Waals surface area contributed by atoms with E-state index in [0.29, 0.717) is 12.1 Å². The molecule has 0 aromatic carbocycles. The van der Waals surface area contributed by atoms with E-state index in [2.05, 4.69) is 23.6 Å². The maximum atomic E-state index is 6.16. The van der Waals surface area contributed by atoms with Crippen molar-refractivity contribution in [1.82, 2.24) is 9.80 Å². The predicted octanol–water partition coefficient (Wildman–Crippen LogP) is 1.30. The molecule has 0 aliphatic carbocycles. The Kier molecular flexibility index (Phi) is 4.65. The molecule has 3 aliphatic rings. The van der Waals surface area contributed by atoms with Gasteiger partial charge in [0.2, 0.25) is 0 Å². The van der Waals surface area contributed by atoms with Gasteiger partial charge in [0.15, 0.2) is 0 Å². The van der Waals surface area contributed by atoms with Gasteiger partial charge in [-0.2, -0.15) is 0 Å². The van der Waals surface area contributed by atoms with Crippen molar-refractivity contribution >= 4 is 0 Å². The Morgan fingerprint density at radius 3 is 2.55 bits per heavy atom. The summed E-state index contributed by atoms with van der Waals surface area (Å²) in [5.74, 6) is 0.748. The van der Waals surface area contributed by atoms with E-state index in [-0.39, 0.29) is 0 Å². The van der Waals surface area contributed by atoms with Crippen molar-refractivity contribution in [1.29, 1.82) is 0 Å². The number of fused-ring (bicyclic) bond motifs is 2. The molecule has 3 rings (SSSR count). The van der Waals surface area contributed by atoms with E-state index in [1.54, 1.807) is 0 Å². The summed E-state index contributed by atoms with van der Waals surface area (Å²) in [6, 6.07) is 1.90. The molecule has 116 valence electrons. The van der Waals surface area contributed by atoms with Crippen molar-refractivity contribution in [3.63, 3.8) is 0 Å². The third-order valence-electron chi connectivity index (χ3n) is 5.18. The van der Waals surface area contributed by atoms with Crippen LogP contribution in [0.2, 0.25) is 0 Å². The first-order valence-corrected chi connectivity index (χ1v) is 8.47. The molecule has 2 bridgehead atoms. The van der Waals surface area contributed by atoms with Gasteiger partial charge in [-0.05, 0) is 31.6 Å². The summed E-state index contributed by atoms with van der Waals surface area (Å²) >= 11 is 0. The number of nitrogens with two attached hydrogens (primary N) is 1. The first-order chi connectivity index (χ1) is 9.61. The van der Waals surface area contributed by atoms with Crippen LogP contribution < -0.4 is 5.73 Å². The fourth-order valence-electron chi connectivity index (χ4n) is 4.42. The number of nitrogens with zero attached hydrogens (tertiary/aromatic N) is 2. The lowest BCUT2D eigenvalue weighted by Crippen LogP contribution is -2.54. The topological polar surface area (TPSA) is 41.7 Å². The van der Waals surface area contributed by atoms with Crippen molar-refractivity contribution in [2.24, 2.45) is 11.7 Å². The van der Waals surface area contributed by atoms with Gasteiger partial charge in [0.25, 0.3) is 0 Å². The molecule has 3 fully saturated rings. The minimum absolute atomic E-state index is 0.403. The van der Waals surface area contributed by atoms with Crippen molar-refractivity contribution in [2.45, 2.75) is 63.8 Å². The van der Waals surface area contributed by atoms with E-state index in [1.165, 1.54) is 32.2 Å². The first-order valence-electron chi connectivity index (χ1n) is 8.47. The molecule has 4 nitrogen and oxygen atoms in total. The molecular weight excluding hydrogens is 250 g/mol. The average molecular weight is 281 g/mol. The van der Waals surface area contributed by atoms with Crippen molar-refractivity contribution in [3.05, 3.63) is 0 Å². The molecule has 3 aliphatic heterocycles. The third-order valence-corrected chi connectivity index (χ3v) is 5.18. The number of piperidine rings is 1. The van der Waals surface area contributed by atoms with Crippen LogP contribution in [0, 0.1) is 5.92 Å². The second-order valence-corrected chi connectivity index (χ2v) is 7.46. The van der Waals surface area contributed by atoms with Gasteiger partial charge in [-0.3, -0.25) is 9.80 Å². The van der Waals surface area contributed by atoms with Gasteiger partial charge in [0.1, 0.15) is 0 Å². The van der Waals surface area contributed by atoms with Crippen LogP contribution in [-0.2, 0) is 4.74 Å². The summed E-state index contributed by atoms with van der Waals surface area (Å²) in [5.41, 5.74) is 6.16. The van der Waals surface area contributed by atoms with E-state index >= 15 is 0 Å². The first kappa shape index (κ1) is 14.8. The quantitative estimate of drug-likeness (QED) is 0.843. The zero-order chi connectivity index (χ0) is 14.1.